The van der Waals surface area contributed by atoms with Crippen molar-refractivity contribution < 1.29 is 37.3 Å². The van der Waals surface area contributed by atoms with Gasteiger partial charge in [-0.3, -0.25) is 4.79 Å². The van der Waals surface area contributed by atoms with Crippen LogP contribution in [0, 0.1) is 0 Å². The van der Waals surface area contributed by atoms with Gasteiger partial charge in [0.15, 0.2) is 11.5 Å². The van der Waals surface area contributed by atoms with E-state index in [4.69, 9.17) is 29.2 Å². The third-order valence-electron chi connectivity index (χ3n) is 4.26. The van der Waals surface area contributed by atoms with E-state index in [1.807, 2.05) is 12.1 Å². The van der Waals surface area contributed by atoms with Crippen LogP contribution in [-0.4, -0.2) is 54.5 Å². The van der Waals surface area contributed by atoms with Gasteiger partial charge in [-0.2, -0.15) is 8.42 Å². The number of anilines is 1. The van der Waals surface area contributed by atoms with Crippen molar-refractivity contribution in [2.75, 3.05) is 39.3 Å². The summed E-state index contributed by atoms with van der Waals surface area (Å²) in [6, 6.07) is 11.6. The van der Waals surface area contributed by atoms with E-state index >= 15 is 0 Å². The summed E-state index contributed by atoms with van der Waals surface area (Å²) in [7, 11) is 1.40. The Kier molecular flexibility index (Phi) is 7.72. The van der Waals surface area contributed by atoms with E-state index in [9.17, 15) is 13.2 Å². The zero-order chi connectivity index (χ0) is 23.2. The van der Waals surface area contributed by atoms with Crippen LogP contribution in [0.1, 0.15) is 11.1 Å². The number of para-hydroxylation sites is 1. The topological polar surface area (TPSA) is 138 Å². The molecule has 0 saturated heterocycles. The van der Waals surface area contributed by atoms with Gasteiger partial charge in [-0.25, -0.2) is 9.44 Å². The lowest BCUT2D eigenvalue weighted by atomic mass is 10.1. The normalized spacial score (nSPS) is 11.9. The Labute approximate surface area is 180 Å². The van der Waals surface area contributed by atoms with Gasteiger partial charge in [0.1, 0.15) is 18.0 Å². The first-order valence-corrected chi connectivity index (χ1v) is 10.3. The smallest absolute Gasteiger partial charge is 0.324 e. The van der Waals surface area contributed by atoms with Crippen molar-refractivity contribution in [1.82, 2.24) is 0 Å². The molecule has 2 rings (SSSR count). The largest absolute Gasteiger partial charge is 0.496 e. The average molecular weight is 452 g/mol. The molecule has 3 N–H and O–H groups in total. The summed E-state index contributed by atoms with van der Waals surface area (Å²) in [4.78, 5) is 11.1. The summed E-state index contributed by atoms with van der Waals surface area (Å²) in [5, 5.41) is 14.3. The van der Waals surface area contributed by atoms with Gasteiger partial charge in [0, 0.05) is 5.56 Å². The number of hydrogen-bond acceptors (Lipinski definition) is 7. The molecule has 0 radical (unpaired) electrons. The van der Waals surface area contributed by atoms with Crippen molar-refractivity contribution >= 4 is 33.4 Å². The molecule has 11 heteroatoms. The first-order valence-electron chi connectivity index (χ1n) is 8.84. The Morgan fingerprint density at radius 1 is 0.968 bits per heavy atom. The Balaban J connectivity index is 2.69. The number of carboxylic acids is 1. The molecule has 0 saturated carbocycles. The zero-order valence-corrected chi connectivity index (χ0v) is 18.3. The number of aliphatic carboxylic acids is 1. The molecule has 0 aliphatic heterocycles. The summed E-state index contributed by atoms with van der Waals surface area (Å²) < 4.78 is 46.2. The van der Waals surface area contributed by atoms with Crippen LogP contribution in [-0.2, 0) is 24.5 Å². The van der Waals surface area contributed by atoms with E-state index in [2.05, 4.69) is 0 Å². The highest BCUT2D eigenvalue weighted by Crippen LogP contribution is 2.37. The van der Waals surface area contributed by atoms with Crippen molar-refractivity contribution in [2.45, 2.75) is 0 Å². The van der Waals surface area contributed by atoms with Crippen molar-refractivity contribution in [3.8, 4) is 11.5 Å². The quantitative estimate of drug-likeness (QED) is 0.412. The van der Waals surface area contributed by atoms with Crippen molar-refractivity contribution in [2.24, 2.45) is 5.14 Å². The van der Waals surface area contributed by atoms with Crippen molar-refractivity contribution in [3.05, 3.63) is 53.6 Å². The number of benzene rings is 2. The summed E-state index contributed by atoms with van der Waals surface area (Å²) in [6.45, 7) is -0.869. The lowest BCUT2D eigenvalue weighted by Crippen LogP contribution is -2.40. The summed E-state index contributed by atoms with van der Waals surface area (Å²) in [5.41, 5.74) is 1.07. The van der Waals surface area contributed by atoms with Crippen LogP contribution in [0.3, 0.4) is 0 Å². The van der Waals surface area contributed by atoms with Gasteiger partial charge in [-0.1, -0.05) is 12.1 Å². The maximum atomic E-state index is 11.9. The maximum absolute atomic E-state index is 11.9. The maximum Gasteiger partial charge on any atom is 0.324 e. The lowest BCUT2D eigenvalue weighted by molar-refractivity contribution is -0.135. The SMILES string of the molecule is COC(=C(OC)c1ccccc1OC)c1ccc(N(CC(=O)O)S(N)(=O)=O)c(OC)c1. The Hall–Kier alpha value is -3.44. The second-order valence-corrected chi connectivity index (χ2v) is 7.57. The number of methoxy groups -OCH3 is 4. The van der Waals surface area contributed by atoms with Crippen LogP contribution < -0.4 is 18.9 Å². The molecular formula is C20H24N2O8S. The van der Waals surface area contributed by atoms with E-state index in [0.29, 0.717) is 32.7 Å². The first kappa shape index (κ1) is 23.8. The number of nitrogens with two attached hydrogens (primary N) is 1. The minimum atomic E-state index is -4.37. The fourth-order valence-electron chi connectivity index (χ4n) is 2.96. The second-order valence-electron chi connectivity index (χ2n) is 6.10. The van der Waals surface area contributed by atoms with Crippen LogP contribution in [0.5, 0.6) is 11.5 Å². The summed E-state index contributed by atoms with van der Waals surface area (Å²) in [6.07, 6.45) is 0. The van der Waals surface area contributed by atoms with Gasteiger partial charge >= 0.3 is 5.97 Å². The van der Waals surface area contributed by atoms with E-state index in [-0.39, 0.29) is 11.4 Å². The van der Waals surface area contributed by atoms with Gasteiger partial charge in [0.25, 0.3) is 10.2 Å². The molecular weight excluding hydrogens is 428 g/mol. The summed E-state index contributed by atoms with van der Waals surface area (Å²) in [5.74, 6) is -0.0755. The monoisotopic (exact) mass is 452 g/mol. The molecule has 31 heavy (non-hydrogen) atoms. The van der Waals surface area contributed by atoms with Crippen LogP contribution in [0.25, 0.3) is 11.5 Å². The van der Waals surface area contributed by atoms with Gasteiger partial charge in [-0.05, 0) is 30.3 Å². The van der Waals surface area contributed by atoms with Crippen LogP contribution >= 0.6 is 0 Å². The average Bonchev–Trinajstić information content (AvgIpc) is 2.74. The summed E-state index contributed by atoms with van der Waals surface area (Å²) >= 11 is 0. The van der Waals surface area contributed by atoms with Crippen molar-refractivity contribution in [1.29, 1.82) is 0 Å². The second kappa shape index (κ2) is 10.0. The Morgan fingerprint density at radius 3 is 2.10 bits per heavy atom. The van der Waals surface area contributed by atoms with E-state index < -0.39 is 22.7 Å². The van der Waals surface area contributed by atoms with E-state index in [0.717, 1.165) is 0 Å². The predicted octanol–water partition coefficient (Wildman–Crippen LogP) is 1.92. The fourth-order valence-corrected chi connectivity index (χ4v) is 3.67. The molecule has 0 aromatic heterocycles. The first-order chi connectivity index (χ1) is 14.7. The number of carboxylic acid groups (broad SMARTS) is 1. The Morgan fingerprint density at radius 2 is 1.58 bits per heavy atom. The Bertz CT molecular complexity index is 1080. The molecule has 0 fully saturated rings. The van der Waals surface area contributed by atoms with Gasteiger partial charge in [0.05, 0.1) is 39.7 Å². The fraction of sp³-hybridized carbons (Fsp3) is 0.250. The zero-order valence-electron chi connectivity index (χ0n) is 17.5. The van der Waals surface area contributed by atoms with Crippen LogP contribution in [0.4, 0.5) is 5.69 Å². The molecule has 0 amide bonds. The van der Waals surface area contributed by atoms with Gasteiger partial charge < -0.3 is 24.1 Å². The van der Waals surface area contributed by atoms with Crippen LogP contribution in [0.2, 0.25) is 0 Å². The number of rotatable bonds is 10. The molecule has 0 atom stereocenters. The molecule has 2 aromatic rings. The number of hydrogen-bond donors (Lipinski definition) is 2. The predicted molar refractivity (Wildman–Crippen MR) is 115 cm³/mol. The molecule has 2 aromatic carbocycles. The molecule has 10 nitrogen and oxygen atoms in total. The molecule has 0 heterocycles. The highest BCUT2D eigenvalue weighted by molar-refractivity contribution is 7.90. The molecule has 0 spiro atoms. The van der Waals surface area contributed by atoms with Gasteiger partial charge in [0.2, 0.25) is 0 Å². The lowest BCUT2D eigenvalue weighted by Gasteiger charge is -2.23. The highest BCUT2D eigenvalue weighted by atomic mass is 32.2. The molecule has 0 aliphatic carbocycles. The third-order valence-corrected chi connectivity index (χ3v) is 5.20. The molecule has 0 bridgehead atoms. The number of ether oxygens (including phenoxy) is 4. The van der Waals surface area contributed by atoms with E-state index in [1.165, 1.54) is 46.6 Å². The third kappa shape index (κ3) is 5.38. The standard InChI is InChI=1S/C20H24N2O8S/c1-27-16-8-6-5-7-14(16)20(30-4)19(29-3)13-9-10-15(17(11-13)28-2)22(12-18(23)24)31(21,25)26/h5-11H,12H2,1-4H3,(H,23,24)(H2,21,25,26). The molecule has 0 aliphatic rings. The minimum absolute atomic E-state index is 0.0390. The van der Waals surface area contributed by atoms with E-state index in [1.54, 1.807) is 12.1 Å². The molecule has 168 valence electrons. The van der Waals surface area contributed by atoms with Gasteiger partial charge in [-0.15, -0.1) is 0 Å². The van der Waals surface area contributed by atoms with Crippen LogP contribution in [0.15, 0.2) is 42.5 Å². The highest BCUT2D eigenvalue weighted by Gasteiger charge is 2.26. The molecule has 0 unspecified atom stereocenters. The van der Waals surface area contributed by atoms with Crippen molar-refractivity contribution in [3.63, 3.8) is 0 Å². The number of nitrogens with zero attached hydrogens (tertiary/aromatic N) is 1. The number of carbonyl (C=O) groups is 1. The minimum Gasteiger partial charge on any atom is -0.496 e.